The summed E-state index contributed by atoms with van der Waals surface area (Å²) in [6.07, 6.45) is -4.20. The van der Waals surface area contributed by atoms with Gasteiger partial charge >= 0.3 is 0 Å². The van der Waals surface area contributed by atoms with Crippen LogP contribution in [-0.4, -0.2) is 39.3 Å². The monoisotopic (exact) mass is 148 g/mol. The van der Waals surface area contributed by atoms with Gasteiger partial charge in [-0.05, 0) is 0 Å². The van der Waals surface area contributed by atoms with E-state index in [1.807, 2.05) is 0 Å². The quantitative estimate of drug-likeness (QED) is 0.312. The van der Waals surface area contributed by atoms with Gasteiger partial charge in [-0.2, -0.15) is 0 Å². The fraction of sp³-hybridized carbons (Fsp3) is 0.600. The van der Waals surface area contributed by atoms with Crippen LogP contribution in [0.2, 0.25) is 0 Å². The number of carbonyl (C=O) groups is 2. The molecule has 0 aliphatic heterocycles. The Balaban J connectivity index is 4.08. The van der Waals surface area contributed by atoms with Gasteiger partial charge in [0.25, 0.3) is 0 Å². The fourth-order valence-corrected chi connectivity index (χ4v) is 0.344. The van der Waals surface area contributed by atoms with Crippen molar-refractivity contribution in [3.8, 4) is 0 Å². The molecule has 5 heteroatoms. The lowest BCUT2D eigenvalue weighted by Gasteiger charge is -2.07. The summed E-state index contributed by atoms with van der Waals surface area (Å²) < 4.78 is 0. The van der Waals surface area contributed by atoms with Gasteiger partial charge in [0.2, 0.25) is 5.78 Å². The van der Waals surface area contributed by atoms with Gasteiger partial charge in [0.05, 0.1) is 0 Å². The Hall–Kier alpha value is -0.780. The first kappa shape index (κ1) is 9.22. The zero-order valence-electron chi connectivity index (χ0n) is 5.31. The van der Waals surface area contributed by atoms with Crippen molar-refractivity contribution in [2.24, 2.45) is 0 Å². The molecular weight excluding hydrogens is 140 g/mol. The highest BCUT2D eigenvalue weighted by Crippen LogP contribution is 1.91. The molecule has 0 aliphatic carbocycles. The average Bonchev–Trinajstić information content (AvgIpc) is 1.84. The maximum atomic E-state index is 10.4. The largest absolute Gasteiger partial charge is 0.380 e. The summed E-state index contributed by atoms with van der Waals surface area (Å²) >= 11 is 0. The number of hydrogen-bond donors (Lipinski definition) is 3. The zero-order chi connectivity index (χ0) is 8.31. The first-order valence-electron chi connectivity index (χ1n) is 2.55. The van der Waals surface area contributed by atoms with Crippen molar-refractivity contribution >= 4 is 11.6 Å². The van der Waals surface area contributed by atoms with Crippen molar-refractivity contribution in [3.05, 3.63) is 0 Å². The summed E-state index contributed by atoms with van der Waals surface area (Å²) in [5, 5.41) is 24.8. The van der Waals surface area contributed by atoms with E-state index in [0.717, 1.165) is 6.92 Å². The molecule has 0 bridgehead atoms. The standard InChI is InChI=1S/C5H8O5/c1-2(6)3(7)4(8)5(9)10/h4-5,8-10H,1H3. The molecule has 0 fully saturated rings. The van der Waals surface area contributed by atoms with Gasteiger partial charge in [0.15, 0.2) is 18.2 Å². The van der Waals surface area contributed by atoms with Gasteiger partial charge in [-0.1, -0.05) is 0 Å². The molecule has 1 unspecified atom stereocenters. The second kappa shape index (κ2) is 3.40. The molecular formula is C5H8O5. The molecule has 0 saturated carbocycles. The van der Waals surface area contributed by atoms with Gasteiger partial charge < -0.3 is 15.3 Å². The number of carbonyl (C=O) groups excluding carboxylic acids is 2. The highest BCUT2D eigenvalue weighted by Gasteiger charge is 2.24. The molecule has 0 rings (SSSR count). The lowest BCUT2D eigenvalue weighted by molar-refractivity contribution is -0.159. The first-order chi connectivity index (χ1) is 4.46. The van der Waals surface area contributed by atoms with Crippen molar-refractivity contribution in [3.63, 3.8) is 0 Å². The Morgan fingerprint density at radius 2 is 1.60 bits per heavy atom. The first-order valence-corrected chi connectivity index (χ1v) is 2.55. The van der Waals surface area contributed by atoms with Crippen LogP contribution in [0, 0.1) is 0 Å². The third kappa shape index (κ3) is 2.22. The predicted molar refractivity (Wildman–Crippen MR) is 29.9 cm³/mol. The Morgan fingerprint density at radius 3 is 1.70 bits per heavy atom. The van der Waals surface area contributed by atoms with Gasteiger partial charge in [-0.25, -0.2) is 0 Å². The molecule has 0 radical (unpaired) electrons. The Kier molecular flexibility index (Phi) is 3.14. The molecule has 10 heavy (non-hydrogen) atoms. The number of aliphatic hydroxyl groups excluding tert-OH is 2. The average molecular weight is 148 g/mol. The van der Waals surface area contributed by atoms with Crippen LogP contribution in [0.1, 0.15) is 6.92 Å². The fourth-order valence-electron chi connectivity index (χ4n) is 0.344. The van der Waals surface area contributed by atoms with Crippen LogP contribution in [0.5, 0.6) is 0 Å². The van der Waals surface area contributed by atoms with Crippen molar-refractivity contribution in [2.45, 2.75) is 19.3 Å². The summed E-state index contributed by atoms with van der Waals surface area (Å²) in [5.41, 5.74) is 0. The SMILES string of the molecule is CC(=O)C(=O)C(O)C(O)O. The summed E-state index contributed by atoms with van der Waals surface area (Å²) in [4.78, 5) is 20.5. The molecule has 0 aromatic rings. The Morgan fingerprint density at radius 1 is 1.20 bits per heavy atom. The van der Waals surface area contributed by atoms with Crippen molar-refractivity contribution in [2.75, 3.05) is 0 Å². The van der Waals surface area contributed by atoms with Crippen molar-refractivity contribution in [1.82, 2.24) is 0 Å². The minimum Gasteiger partial charge on any atom is -0.380 e. The van der Waals surface area contributed by atoms with Gasteiger partial charge in [-0.15, -0.1) is 0 Å². The van der Waals surface area contributed by atoms with Crippen molar-refractivity contribution in [1.29, 1.82) is 0 Å². The molecule has 0 saturated heterocycles. The summed E-state index contributed by atoms with van der Waals surface area (Å²) in [7, 11) is 0. The molecule has 3 N–H and O–H groups in total. The predicted octanol–water partition coefficient (Wildman–Crippen LogP) is -2.18. The number of hydrogen-bond acceptors (Lipinski definition) is 5. The summed E-state index contributed by atoms with van der Waals surface area (Å²) in [6, 6.07) is 0. The third-order valence-corrected chi connectivity index (χ3v) is 0.898. The van der Waals surface area contributed by atoms with E-state index in [-0.39, 0.29) is 0 Å². The number of aliphatic hydroxyl groups is 3. The van der Waals surface area contributed by atoms with Crippen LogP contribution in [-0.2, 0) is 9.59 Å². The second-order valence-electron chi connectivity index (χ2n) is 1.78. The molecule has 0 heterocycles. The molecule has 5 nitrogen and oxygen atoms in total. The van der Waals surface area contributed by atoms with E-state index in [1.165, 1.54) is 0 Å². The minimum absolute atomic E-state index is 0.902. The van der Waals surface area contributed by atoms with Crippen molar-refractivity contribution < 1.29 is 24.9 Å². The van der Waals surface area contributed by atoms with E-state index >= 15 is 0 Å². The van der Waals surface area contributed by atoms with Gasteiger partial charge in [0.1, 0.15) is 0 Å². The van der Waals surface area contributed by atoms with E-state index in [0.29, 0.717) is 0 Å². The molecule has 0 spiro atoms. The van der Waals surface area contributed by atoms with Gasteiger partial charge in [0, 0.05) is 6.92 Å². The van der Waals surface area contributed by atoms with E-state index in [2.05, 4.69) is 0 Å². The highest BCUT2D eigenvalue weighted by molar-refractivity contribution is 6.37. The van der Waals surface area contributed by atoms with Gasteiger partial charge in [-0.3, -0.25) is 9.59 Å². The maximum absolute atomic E-state index is 10.4. The summed E-state index contributed by atoms with van der Waals surface area (Å²) in [6.45, 7) is 0.938. The molecule has 0 aromatic heterocycles. The molecule has 1 atom stereocenters. The second-order valence-corrected chi connectivity index (χ2v) is 1.78. The van der Waals surface area contributed by atoms with E-state index in [1.54, 1.807) is 0 Å². The van der Waals surface area contributed by atoms with E-state index < -0.39 is 24.0 Å². The van der Waals surface area contributed by atoms with Crippen LogP contribution in [0.15, 0.2) is 0 Å². The molecule has 0 amide bonds. The minimum atomic E-state index is -2.18. The van der Waals surface area contributed by atoms with E-state index in [9.17, 15) is 9.59 Å². The third-order valence-electron chi connectivity index (χ3n) is 0.898. The maximum Gasteiger partial charge on any atom is 0.231 e. The summed E-state index contributed by atoms with van der Waals surface area (Å²) in [5.74, 6) is -2.10. The topological polar surface area (TPSA) is 94.8 Å². The normalized spacial score (nSPS) is 13.3. The zero-order valence-corrected chi connectivity index (χ0v) is 5.31. The number of Topliss-reactive ketones (excluding diaryl/α,β-unsaturated/α-hetero) is 2. The lowest BCUT2D eigenvalue weighted by atomic mass is 10.2. The van der Waals surface area contributed by atoms with Crippen LogP contribution in [0.25, 0.3) is 0 Å². The molecule has 0 aliphatic rings. The van der Waals surface area contributed by atoms with Crippen LogP contribution in [0.3, 0.4) is 0 Å². The van der Waals surface area contributed by atoms with Crippen LogP contribution >= 0.6 is 0 Å². The lowest BCUT2D eigenvalue weighted by Crippen LogP contribution is -2.37. The number of ketones is 2. The van der Waals surface area contributed by atoms with Crippen LogP contribution < -0.4 is 0 Å². The molecule has 0 aromatic carbocycles. The molecule has 58 valence electrons. The van der Waals surface area contributed by atoms with Crippen LogP contribution in [0.4, 0.5) is 0 Å². The Labute approximate surface area is 56.9 Å². The number of rotatable bonds is 3. The Bertz CT molecular complexity index is 150. The highest BCUT2D eigenvalue weighted by atomic mass is 16.5. The smallest absolute Gasteiger partial charge is 0.231 e. The van der Waals surface area contributed by atoms with E-state index in [4.69, 9.17) is 15.3 Å².